The summed E-state index contributed by atoms with van der Waals surface area (Å²) in [5.41, 5.74) is 2.28. The molecule has 0 radical (unpaired) electrons. The van der Waals surface area contributed by atoms with Crippen molar-refractivity contribution in [3.63, 3.8) is 0 Å². The van der Waals surface area contributed by atoms with Gasteiger partial charge in [0.1, 0.15) is 11.5 Å². The zero-order valence-corrected chi connectivity index (χ0v) is 16.3. The molecule has 1 aromatic carbocycles. The lowest BCUT2D eigenvalue weighted by atomic mass is 10.0. The van der Waals surface area contributed by atoms with Crippen LogP contribution < -0.4 is 19.5 Å². The van der Waals surface area contributed by atoms with E-state index in [-0.39, 0.29) is 5.75 Å². The number of anilines is 1. The Balaban J connectivity index is 2.46. The van der Waals surface area contributed by atoms with Crippen LogP contribution in [0.5, 0.6) is 17.2 Å². The third-order valence-corrected chi connectivity index (χ3v) is 4.41. The van der Waals surface area contributed by atoms with E-state index in [9.17, 15) is 8.78 Å². The van der Waals surface area contributed by atoms with Gasteiger partial charge in [0.15, 0.2) is 11.6 Å². The molecule has 0 fully saturated rings. The molecule has 0 saturated heterocycles. The molecule has 2 rings (SSSR count). The van der Waals surface area contributed by atoms with E-state index in [0.29, 0.717) is 23.4 Å². The fourth-order valence-corrected chi connectivity index (χ4v) is 2.87. The number of methoxy groups -OCH3 is 2. The Labute approximate surface area is 158 Å². The zero-order valence-electron chi connectivity index (χ0n) is 16.3. The number of aromatic nitrogens is 1. The molecular weight excluding hydrogens is 354 g/mol. The quantitative estimate of drug-likeness (QED) is 0.642. The fourth-order valence-electron chi connectivity index (χ4n) is 2.87. The first-order valence-electron chi connectivity index (χ1n) is 8.88. The van der Waals surface area contributed by atoms with Crippen molar-refractivity contribution in [2.45, 2.75) is 46.3 Å². The molecule has 0 spiro atoms. The number of nitrogens with zero attached hydrogens (tertiary/aromatic N) is 1. The van der Waals surface area contributed by atoms with E-state index in [1.807, 2.05) is 13.0 Å². The summed E-state index contributed by atoms with van der Waals surface area (Å²) in [6.07, 6.45) is 1.95. The molecule has 27 heavy (non-hydrogen) atoms. The standard InChI is InChI=1S/C20H26F2N2O3/c1-6-13(7-2)24-19-18(26-5)11-16(12(3)23-19)15-9-8-14(27-20(21)22)10-17(15)25-4/h8-11,13,20H,6-7H2,1-5H3,(H,23,24). The lowest BCUT2D eigenvalue weighted by Gasteiger charge is -2.20. The zero-order chi connectivity index (χ0) is 20.0. The molecule has 0 aliphatic carbocycles. The van der Waals surface area contributed by atoms with Crippen molar-refractivity contribution >= 4 is 5.82 Å². The number of rotatable bonds is 9. The monoisotopic (exact) mass is 380 g/mol. The lowest BCUT2D eigenvalue weighted by molar-refractivity contribution is -0.0499. The van der Waals surface area contributed by atoms with Crippen LogP contribution in [0.25, 0.3) is 11.1 Å². The number of alkyl halides is 2. The van der Waals surface area contributed by atoms with E-state index in [1.165, 1.54) is 19.2 Å². The van der Waals surface area contributed by atoms with E-state index in [4.69, 9.17) is 9.47 Å². The molecule has 1 aromatic heterocycles. The molecule has 0 aliphatic heterocycles. The highest BCUT2D eigenvalue weighted by Crippen LogP contribution is 2.38. The molecule has 2 aromatic rings. The van der Waals surface area contributed by atoms with Crippen molar-refractivity contribution in [3.8, 4) is 28.4 Å². The van der Waals surface area contributed by atoms with Crippen molar-refractivity contribution < 1.29 is 23.0 Å². The number of hydrogen-bond donors (Lipinski definition) is 1. The summed E-state index contributed by atoms with van der Waals surface area (Å²) in [6.45, 7) is 3.22. The van der Waals surface area contributed by atoms with Crippen LogP contribution in [0.3, 0.4) is 0 Å². The molecule has 5 nitrogen and oxygen atoms in total. The minimum Gasteiger partial charge on any atom is -0.496 e. The highest BCUT2D eigenvalue weighted by molar-refractivity contribution is 5.76. The van der Waals surface area contributed by atoms with Crippen LogP contribution in [-0.4, -0.2) is 31.9 Å². The minimum atomic E-state index is -2.89. The van der Waals surface area contributed by atoms with Crippen molar-refractivity contribution in [1.29, 1.82) is 0 Å². The Morgan fingerprint density at radius 3 is 2.22 bits per heavy atom. The summed E-state index contributed by atoms with van der Waals surface area (Å²) in [5.74, 6) is 1.75. The molecule has 7 heteroatoms. The maximum absolute atomic E-state index is 12.5. The first kappa shape index (κ1) is 20.7. The van der Waals surface area contributed by atoms with Crippen molar-refractivity contribution in [2.75, 3.05) is 19.5 Å². The second kappa shape index (κ2) is 9.39. The molecule has 0 atom stereocenters. The fraction of sp³-hybridized carbons (Fsp3) is 0.450. The van der Waals surface area contributed by atoms with Crippen LogP contribution >= 0.6 is 0 Å². The first-order chi connectivity index (χ1) is 12.9. The molecule has 1 N–H and O–H groups in total. The second-order valence-electron chi connectivity index (χ2n) is 6.07. The van der Waals surface area contributed by atoms with E-state index in [2.05, 4.69) is 28.9 Å². The van der Waals surface area contributed by atoms with E-state index in [1.54, 1.807) is 13.2 Å². The topological polar surface area (TPSA) is 52.6 Å². The number of halogens is 2. The highest BCUT2D eigenvalue weighted by atomic mass is 19.3. The van der Waals surface area contributed by atoms with Crippen LogP contribution in [0.4, 0.5) is 14.6 Å². The number of hydrogen-bond acceptors (Lipinski definition) is 5. The number of benzene rings is 1. The van der Waals surface area contributed by atoms with Gasteiger partial charge in [-0.3, -0.25) is 0 Å². The first-order valence-corrected chi connectivity index (χ1v) is 8.88. The summed E-state index contributed by atoms with van der Waals surface area (Å²) in [5, 5.41) is 3.41. The van der Waals surface area contributed by atoms with Gasteiger partial charge in [0.05, 0.1) is 14.2 Å². The Hall–Kier alpha value is -2.57. The van der Waals surface area contributed by atoms with Crippen LogP contribution in [0.1, 0.15) is 32.4 Å². The Morgan fingerprint density at radius 2 is 1.67 bits per heavy atom. The average molecular weight is 380 g/mol. The van der Waals surface area contributed by atoms with Gasteiger partial charge in [-0.1, -0.05) is 13.8 Å². The molecule has 0 saturated carbocycles. The summed E-state index contributed by atoms with van der Waals surface area (Å²) in [6, 6.07) is 6.76. The van der Waals surface area contributed by atoms with E-state index >= 15 is 0 Å². The van der Waals surface area contributed by atoms with Gasteiger partial charge in [0.2, 0.25) is 0 Å². The van der Waals surface area contributed by atoms with Crippen molar-refractivity contribution in [3.05, 3.63) is 30.0 Å². The average Bonchev–Trinajstić information content (AvgIpc) is 2.65. The predicted octanol–water partition coefficient (Wildman–Crippen LogP) is 5.28. The second-order valence-corrected chi connectivity index (χ2v) is 6.07. The molecule has 0 unspecified atom stereocenters. The van der Waals surface area contributed by atoms with Gasteiger partial charge in [-0.25, -0.2) is 4.98 Å². The van der Waals surface area contributed by atoms with Gasteiger partial charge >= 0.3 is 6.61 Å². The Bertz CT molecular complexity index is 765. The van der Waals surface area contributed by atoms with Crippen LogP contribution in [-0.2, 0) is 0 Å². The van der Waals surface area contributed by atoms with Crippen molar-refractivity contribution in [2.24, 2.45) is 0 Å². The van der Waals surface area contributed by atoms with Gasteiger partial charge < -0.3 is 19.5 Å². The number of pyridine rings is 1. The number of nitrogens with one attached hydrogen (secondary N) is 1. The normalized spacial score (nSPS) is 11.0. The summed E-state index contributed by atoms with van der Waals surface area (Å²) >= 11 is 0. The third kappa shape index (κ3) is 4.99. The minimum absolute atomic E-state index is 0.0372. The SMILES string of the molecule is CCC(CC)Nc1nc(C)c(-c2ccc(OC(F)F)cc2OC)cc1OC. The molecule has 0 aliphatic rings. The number of ether oxygens (including phenoxy) is 3. The molecule has 148 valence electrons. The lowest BCUT2D eigenvalue weighted by Crippen LogP contribution is -2.18. The van der Waals surface area contributed by atoms with E-state index in [0.717, 1.165) is 29.7 Å². The highest BCUT2D eigenvalue weighted by Gasteiger charge is 2.17. The van der Waals surface area contributed by atoms with Gasteiger partial charge in [-0.05, 0) is 38.0 Å². The van der Waals surface area contributed by atoms with Gasteiger partial charge in [0, 0.05) is 28.9 Å². The molecular formula is C20H26F2N2O3. The molecule has 1 heterocycles. The van der Waals surface area contributed by atoms with Gasteiger partial charge in [0.25, 0.3) is 0 Å². The third-order valence-electron chi connectivity index (χ3n) is 4.41. The Morgan fingerprint density at radius 1 is 1.00 bits per heavy atom. The van der Waals surface area contributed by atoms with Gasteiger partial charge in [-0.2, -0.15) is 8.78 Å². The summed E-state index contributed by atoms with van der Waals surface area (Å²) < 4.78 is 40.2. The maximum atomic E-state index is 12.5. The van der Waals surface area contributed by atoms with Crippen LogP contribution in [0.2, 0.25) is 0 Å². The summed E-state index contributed by atoms with van der Waals surface area (Å²) in [7, 11) is 3.07. The van der Waals surface area contributed by atoms with E-state index < -0.39 is 6.61 Å². The van der Waals surface area contributed by atoms with Crippen molar-refractivity contribution in [1.82, 2.24) is 4.98 Å². The summed E-state index contributed by atoms with van der Waals surface area (Å²) in [4.78, 5) is 4.66. The predicted molar refractivity (Wildman–Crippen MR) is 102 cm³/mol. The van der Waals surface area contributed by atoms with Crippen LogP contribution in [0.15, 0.2) is 24.3 Å². The largest absolute Gasteiger partial charge is 0.496 e. The van der Waals surface area contributed by atoms with Gasteiger partial charge in [-0.15, -0.1) is 0 Å². The Kier molecular flexibility index (Phi) is 7.21. The smallest absolute Gasteiger partial charge is 0.387 e. The molecule has 0 bridgehead atoms. The number of aryl methyl sites for hydroxylation is 1. The molecule has 0 amide bonds. The maximum Gasteiger partial charge on any atom is 0.387 e. The van der Waals surface area contributed by atoms with Crippen LogP contribution in [0, 0.1) is 6.92 Å².